The van der Waals surface area contributed by atoms with Crippen LogP contribution in [0.15, 0.2) is 18.2 Å². The zero-order valence-electron chi connectivity index (χ0n) is 12.0. The maximum atomic E-state index is 12.7. The number of benzene rings is 1. The lowest BCUT2D eigenvalue weighted by molar-refractivity contribution is -0.179. The molecule has 0 bridgehead atoms. The maximum absolute atomic E-state index is 12.7. The average Bonchev–Trinajstić information content (AvgIpc) is 2.52. The number of halogens is 3. The minimum atomic E-state index is -4.15. The Morgan fingerprint density at radius 3 is 2.50 bits per heavy atom. The molecule has 1 fully saturated rings. The highest BCUT2D eigenvalue weighted by Gasteiger charge is 2.41. The number of carbonyl (C=O) groups excluding carboxylic acids is 1. The number of piperidine rings is 1. The second-order valence-electron chi connectivity index (χ2n) is 5.14. The minimum absolute atomic E-state index is 0.0319. The van der Waals surface area contributed by atoms with Crippen LogP contribution in [0.25, 0.3) is 0 Å². The number of nitriles is 1. The van der Waals surface area contributed by atoms with E-state index in [0.29, 0.717) is 5.69 Å². The van der Waals surface area contributed by atoms with Crippen LogP contribution in [-0.2, 0) is 4.74 Å². The summed E-state index contributed by atoms with van der Waals surface area (Å²) >= 11 is 0. The van der Waals surface area contributed by atoms with Crippen molar-refractivity contribution in [2.24, 2.45) is 5.92 Å². The van der Waals surface area contributed by atoms with Gasteiger partial charge in [-0.25, -0.2) is 4.79 Å². The molecule has 0 amide bonds. The predicted octanol–water partition coefficient (Wildman–Crippen LogP) is 3.12. The van der Waals surface area contributed by atoms with E-state index in [1.807, 2.05) is 6.07 Å². The van der Waals surface area contributed by atoms with Crippen molar-refractivity contribution in [1.29, 1.82) is 5.26 Å². The van der Waals surface area contributed by atoms with Crippen LogP contribution in [0.2, 0.25) is 0 Å². The number of esters is 1. The van der Waals surface area contributed by atoms with E-state index in [-0.39, 0.29) is 37.1 Å². The van der Waals surface area contributed by atoms with Crippen molar-refractivity contribution in [2.45, 2.75) is 19.0 Å². The summed E-state index contributed by atoms with van der Waals surface area (Å²) in [6.45, 7) is 0.541. The summed E-state index contributed by atoms with van der Waals surface area (Å²) in [5.74, 6) is -1.88. The zero-order chi connectivity index (χ0) is 16.3. The molecule has 0 atom stereocenters. The quantitative estimate of drug-likeness (QED) is 0.787. The molecule has 1 heterocycles. The molecule has 7 heteroatoms. The van der Waals surface area contributed by atoms with Gasteiger partial charge in [0.2, 0.25) is 0 Å². The lowest BCUT2D eigenvalue weighted by Gasteiger charge is -2.34. The van der Waals surface area contributed by atoms with Crippen LogP contribution in [0.4, 0.5) is 18.9 Å². The molecule has 0 unspecified atom stereocenters. The van der Waals surface area contributed by atoms with Crippen LogP contribution in [0.5, 0.6) is 0 Å². The molecule has 118 valence electrons. The Hall–Kier alpha value is -2.23. The van der Waals surface area contributed by atoms with Gasteiger partial charge in [-0.2, -0.15) is 18.4 Å². The van der Waals surface area contributed by atoms with Crippen molar-refractivity contribution in [3.63, 3.8) is 0 Å². The topological polar surface area (TPSA) is 53.3 Å². The highest BCUT2D eigenvalue weighted by Crippen LogP contribution is 2.35. The summed E-state index contributed by atoms with van der Waals surface area (Å²) in [5.41, 5.74) is 0.950. The molecule has 0 aromatic heterocycles. The van der Waals surface area contributed by atoms with Crippen molar-refractivity contribution >= 4 is 11.7 Å². The van der Waals surface area contributed by atoms with Gasteiger partial charge in [0.25, 0.3) is 0 Å². The lowest BCUT2D eigenvalue weighted by atomic mass is 9.95. The molecule has 1 aliphatic rings. The Morgan fingerprint density at radius 1 is 1.36 bits per heavy atom. The normalized spacial score (nSPS) is 16.2. The molecule has 0 aliphatic carbocycles. The second kappa shape index (κ2) is 6.26. The van der Waals surface area contributed by atoms with Crippen molar-refractivity contribution in [2.75, 3.05) is 25.1 Å². The number of ether oxygens (including phenoxy) is 1. The summed E-state index contributed by atoms with van der Waals surface area (Å²) < 4.78 is 42.6. The molecule has 0 N–H and O–H groups in total. The van der Waals surface area contributed by atoms with E-state index in [1.54, 1.807) is 11.0 Å². The van der Waals surface area contributed by atoms with E-state index in [0.717, 1.165) is 0 Å². The fraction of sp³-hybridized carbons (Fsp3) is 0.467. The highest BCUT2D eigenvalue weighted by molar-refractivity contribution is 5.92. The summed E-state index contributed by atoms with van der Waals surface area (Å²) in [5, 5.41) is 9.11. The van der Waals surface area contributed by atoms with Crippen LogP contribution in [0.1, 0.15) is 28.8 Å². The van der Waals surface area contributed by atoms with E-state index >= 15 is 0 Å². The molecular weight excluding hydrogens is 297 g/mol. The van der Waals surface area contributed by atoms with Crippen LogP contribution < -0.4 is 4.90 Å². The Bertz CT molecular complexity index is 600. The number of hydrogen-bond donors (Lipinski definition) is 0. The fourth-order valence-corrected chi connectivity index (χ4v) is 2.57. The first-order valence-electron chi connectivity index (χ1n) is 6.81. The van der Waals surface area contributed by atoms with Crippen LogP contribution in [0.3, 0.4) is 0 Å². The molecule has 0 spiro atoms. The molecule has 1 aliphatic heterocycles. The number of alkyl halides is 3. The fourth-order valence-electron chi connectivity index (χ4n) is 2.57. The van der Waals surface area contributed by atoms with Gasteiger partial charge in [0.15, 0.2) is 0 Å². The number of anilines is 1. The highest BCUT2D eigenvalue weighted by atomic mass is 19.4. The van der Waals surface area contributed by atoms with Gasteiger partial charge < -0.3 is 9.64 Å². The smallest absolute Gasteiger partial charge is 0.391 e. The van der Waals surface area contributed by atoms with Gasteiger partial charge in [-0.3, -0.25) is 0 Å². The maximum Gasteiger partial charge on any atom is 0.391 e. The van der Waals surface area contributed by atoms with Gasteiger partial charge in [-0.05, 0) is 31.0 Å². The molecule has 22 heavy (non-hydrogen) atoms. The van der Waals surface area contributed by atoms with Crippen molar-refractivity contribution < 1.29 is 22.7 Å². The molecular formula is C15H15F3N2O2. The van der Waals surface area contributed by atoms with Crippen LogP contribution in [0, 0.1) is 17.2 Å². The Balaban J connectivity index is 2.15. The van der Waals surface area contributed by atoms with Crippen molar-refractivity contribution in [3.05, 3.63) is 29.3 Å². The Morgan fingerprint density at radius 2 is 2.00 bits per heavy atom. The Labute approximate surface area is 126 Å². The van der Waals surface area contributed by atoms with Gasteiger partial charge in [-0.15, -0.1) is 0 Å². The largest absolute Gasteiger partial charge is 0.465 e. The third-order valence-corrected chi connectivity index (χ3v) is 3.85. The van der Waals surface area contributed by atoms with Crippen LogP contribution >= 0.6 is 0 Å². The van der Waals surface area contributed by atoms with E-state index in [2.05, 4.69) is 4.74 Å². The molecule has 1 saturated heterocycles. The van der Waals surface area contributed by atoms with Gasteiger partial charge >= 0.3 is 12.1 Å². The molecule has 2 rings (SSSR count). The lowest BCUT2D eigenvalue weighted by Crippen LogP contribution is -2.39. The summed E-state index contributed by atoms with van der Waals surface area (Å²) in [6, 6.07) is 6.52. The Kier molecular flexibility index (Phi) is 4.59. The molecule has 0 saturated carbocycles. The standard InChI is InChI=1S/C15H15F3N2O2/c1-22-14(21)13-3-2-12(8-10(13)9-19)20-6-4-11(5-7-20)15(16,17)18/h2-3,8,11H,4-7H2,1H3. The summed E-state index contributed by atoms with van der Waals surface area (Å²) in [6.07, 6.45) is -4.09. The second-order valence-corrected chi connectivity index (χ2v) is 5.14. The molecule has 4 nitrogen and oxygen atoms in total. The minimum Gasteiger partial charge on any atom is -0.465 e. The number of rotatable bonds is 2. The van der Waals surface area contributed by atoms with Crippen molar-refractivity contribution in [3.8, 4) is 6.07 Å². The monoisotopic (exact) mass is 312 g/mol. The number of nitrogens with zero attached hydrogens (tertiary/aromatic N) is 2. The molecule has 0 radical (unpaired) electrons. The number of carbonyl (C=O) groups is 1. The van der Waals surface area contributed by atoms with E-state index in [4.69, 9.17) is 5.26 Å². The van der Waals surface area contributed by atoms with Crippen molar-refractivity contribution in [1.82, 2.24) is 0 Å². The average molecular weight is 312 g/mol. The summed E-state index contributed by atoms with van der Waals surface area (Å²) in [4.78, 5) is 13.3. The first-order chi connectivity index (χ1) is 10.4. The summed E-state index contributed by atoms with van der Waals surface area (Å²) in [7, 11) is 1.22. The van der Waals surface area contributed by atoms with Gasteiger partial charge in [0.05, 0.1) is 24.2 Å². The van der Waals surface area contributed by atoms with Gasteiger partial charge in [0.1, 0.15) is 6.07 Å². The first kappa shape index (κ1) is 16.1. The first-order valence-corrected chi connectivity index (χ1v) is 6.81. The predicted molar refractivity (Wildman–Crippen MR) is 73.5 cm³/mol. The van der Waals surface area contributed by atoms with E-state index in [9.17, 15) is 18.0 Å². The zero-order valence-corrected chi connectivity index (χ0v) is 12.0. The molecule has 1 aromatic rings. The van der Waals surface area contributed by atoms with Gasteiger partial charge in [-0.1, -0.05) is 0 Å². The number of hydrogen-bond acceptors (Lipinski definition) is 4. The third-order valence-electron chi connectivity index (χ3n) is 3.85. The van der Waals surface area contributed by atoms with Crippen LogP contribution in [-0.4, -0.2) is 32.3 Å². The van der Waals surface area contributed by atoms with E-state index < -0.39 is 18.1 Å². The SMILES string of the molecule is COC(=O)c1ccc(N2CCC(C(F)(F)F)CC2)cc1C#N. The van der Waals surface area contributed by atoms with Gasteiger partial charge in [0, 0.05) is 18.8 Å². The third kappa shape index (κ3) is 3.32. The molecule has 1 aromatic carbocycles. The van der Waals surface area contributed by atoms with E-state index in [1.165, 1.54) is 19.2 Å². The number of methoxy groups -OCH3 is 1.